The predicted octanol–water partition coefficient (Wildman–Crippen LogP) is 2.45. The maximum atomic E-state index is 5.48. The van der Waals surface area contributed by atoms with Crippen LogP contribution >= 0.6 is 0 Å². The van der Waals surface area contributed by atoms with Gasteiger partial charge in [-0.1, -0.05) is 6.08 Å². The lowest BCUT2D eigenvalue weighted by Gasteiger charge is -2.13. The number of furan rings is 1. The summed E-state index contributed by atoms with van der Waals surface area (Å²) in [6, 6.07) is 2.07. The Balaban J connectivity index is 2.54. The van der Waals surface area contributed by atoms with E-state index in [9.17, 15) is 0 Å². The molecule has 1 heterocycles. The molecule has 1 rings (SSSR count). The monoisotopic (exact) mass is 194 g/mol. The molecule has 0 aliphatic heterocycles. The summed E-state index contributed by atoms with van der Waals surface area (Å²) in [7, 11) is 0. The number of rotatable bonds is 6. The molecule has 1 unspecified atom stereocenters. The van der Waals surface area contributed by atoms with Crippen LogP contribution in [0, 0.1) is 6.92 Å². The van der Waals surface area contributed by atoms with Gasteiger partial charge in [0, 0.05) is 0 Å². The molecule has 1 atom stereocenters. The van der Waals surface area contributed by atoms with Gasteiger partial charge in [0.2, 0.25) is 0 Å². The van der Waals surface area contributed by atoms with Crippen LogP contribution in [0.15, 0.2) is 29.4 Å². The molecule has 0 amide bonds. The number of nitrogens with one attached hydrogen (secondary N) is 1. The summed E-state index contributed by atoms with van der Waals surface area (Å²) >= 11 is 0. The molecule has 14 heavy (non-hydrogen) atoms. The molecule has 3 N–H and O–H groups in total. The van der Waals surface area contributed by atoms with Crippen molar-refractivity contribution in [2.75, 3.05) is 0 Å². The van der Waals surface area contributed by atoms with Crippen LogP contribution in [0.3, 0.4) is 0 Å². The zero-order valence-corrected chi connectivity index (χ0v) is 8.62. The van der Waals surface area contributed by atoms with Gasteiger partial charge in [-0.3, -0.25) is 5.84 Å². The fourth-order valence-corrected chi connectivity index (χ4v) is 1.50. The fraction of sp³-hybridized carbons (Fsp3) is 0.455. The number of hydrazine groups is 1. The van der Waals surface area contributed by atoms with Crippen LogP contribution in [0.25, 0.3) is 0 Å². The minimum Gasteiger partial charge on any atom is -0.467 e. The van der Waals surface area contributed by atoms with Gasteiger partial charge in [0.05, 0.1) is 12.3 Å². The number of hydrogen-bond donors (Lipinski definition) is 2. The SMILES string of the molecule is C=CCCCC(NN)c1occc1C. The van der Waals surface area contributed by atoms with Gasteiger partial charge in [-0.05, 0) is 37.8 Å². The smallest absolute Gasteiger partial charge is 0.124 e. The van der Waals surface area contributed by atoms with Crippen molar-refractivity contribution in [2.24, 2.45) is 5.84 Å². The Kier molecular flexibility index (Phi) is 4.43. The van der Waals surface area contributed by atoms with Crippen molar-refractivity contribution in [1.29, 1.82) is 0 Å². The number of allylic oxidation sites excluding steroid dienone is 1. The van der Waals surface area contributed by atoms with E-state index in [4.69, 9.17) is 10.3 Å². The third-order valence-electron chi connectivity index (χ3n) is 2.32. The van der Waals surface area contributed by atoms with Crippen LogP contribution in [0.1, 0.15) is 36.6 Å². The van der Waals surface area contributed by atoms with Crippen molar-refractivity contribution in [1.82, 2.24) is 5.43 Å². The van der Waals surface area contributed by atoms with Gasteiger partial charge in [-0.2, -0.15) is 0 Å². The van der Waals surface area contributed by atoms with Crippen LogP contribution in [-0.2, 0) is 0 Å². The Morgan fingerprint density at radius 2 is 2.50 bits per heavy atom. The second-order valence-electron chi connectivity index (χ2n) is 3.41. The first-order chi connectivity index (χ1) is 6.79. The summed E-state index contributed by atoms with van der Waals surface area (Å²) in [5.74, 6) is 6.42. The molecule has 0 radical (unpaired) electrons. The zero-order valence-electron chi connectivity index (χ0n) is 8.62. The third-order valence-corrected chi connectivity index (χ3v) is 2.32. The molecule has 0 aliphatic carbocycles. The Morgan fingerprint density at radius 3 is 3.00 bits per heavy atom. The number of aryl methyl sites for hydroxylation is 1. The fourth-order valence-electron chi connectivity index (χ4n) is 1.50. The van der Waals surface area contributed by atoms with Crippen molar-refractivity contribution in [3.8, 4) is 0 Å². The van der Waals surface area contributed by atoms with E-state index < -0.39 is 0 Å². The summed E-state index contributed by atoms with van der Waals surface area (Å²) in [5, 5.41) is 0. The summed E-state index contributed by atoms with van der Waals surface area (Å²) in [5.41, 5.74) is 3.92. The second-order valence-corrected chi connectivity index (χ2v) is 3.41. The van der Waals surface area contributed by atoms with Crippen molar-refractivity contribution in [3.05, 3.63) is 36.3 Å². The molecule has 0 bridgehead atoms. The Labute approximate surface area is 85.0 Å². The van der Waals surface area contributed by atoms with E-state index >= 15 is 0 Å². The highest BCUT2D eigenvalue weighted by Gasteiger charge is 2.14. The maximum Gasteiger partial charge on any atom is 0.124 e. The van der Waals surface area contributed by atoms with Crippen molar-refractivity contribution >= 4 is 0 Å². The minimum atomic E-state index is 0.116. The van der Waals surface area contributed by atoms with E-state index in [1.54, 1.807) is 6.26 Å². The predicted molar refractivity (Wildman–Crippen MR) is 57.6 cm³/mol. The molecular weight excluding hydrogens is 176 g/mol. The maximum absolute atomic E-state index is 5.48. The molecule has 0 aromatic carbocycles. The lowest BCUT2D eigenvalue weighted by atomic mass is 10.1. The molecule has 0 fully saturated rings. The average molecular weight is 194 g/mol. The van der Waals surface area contributed by atoms with Gasteiger partial charge in [-0.25, -0.2) is 5.43 Å². The number of unbranched alkanes of at least 4 members (excludes halogenated alkanes) is 1. The van der Waals surface area contributed by atoms with Crippen molar-refractivity contribution < 1.29 is 4.42 Å². The highest BCUT2D eigenvalue weighted by Crippen LogP contribution is 2.22. The first-order valence-corrected chi connectivity index (χ1v) is 4.90. The third kappa shape index (κ3) is 2.72. The minimum absolute atomic E-state index is 0.116. The first-order valence-electron chi connectivity index (χ1n) is 4.90. The van der Waals surface area contributed by atoms with E-state index in [0.717, 1.165) is 30.6 Å². The molecule has 0 saturated heterocycles. The Hall–Kier alpha value is -1.06. The first kappa shape index (κ1) is 11.0. The molecular formula is C11H18N2O. The highest BCUT2D eigenvalue weighted by atomic mass is 16.3. The van der Waals surface area contributed by atoms with Gasteiger partial charge in [0.15, 0.2) is 0 Å². The van der Waals surface area contributed by atoms with Gasteiger partial charge in [0.25, 0.3) is 0 Å². The summed E-state index contributed by atoms with van der Waals surface area (Å²) in [6.07, 6.45) is 6.67. The average Bonchev–Trinajstić information content (AvgIpc) is 2.60. The van der Waals surface area contributed by atoms with Crippen LogP contribution in [-0.4, -0.2) is 0 Å². The summed E-state index contributed by atoms with van der Waals surface area (Å²) < 4.78 is 5.38. The van der Waals surface area contributed by atoms with Crippen LogP contribution in [0.5, 0.6) is 0 Å². The second kappa shape index (κ2) is 5.62. The zero-order chi connectivity index (χ0) is 10.4. The molecule has 1 aromatic rings. The standard InChI is InChI=1S/C11H18N2O/c1-3-4-5-6-10(13-12)11-9(2)7-8-14-11/h3,7-8,10,13H,1,4-6,12H2,2H3. The quantitative estimate of drug-likeness (QED) is 0.316. The Bertz CT molecular complexity index is 281. The highest BCUT2D eigenvalue weighted by molar-refractivity contribution is 5.17. The largest absolute Gasteiger partial charge is 0.467 e. The molecule has 3 nitrogen and oxygen atoms in total. The van der Waals surface area contributed by atoms with Crippen LogP contribution in [0.2, 0.25) is 0 Å². The lowest BCUT2D eigenvalue weighted by Crippen LogP contribution is -2.28. The van der Waals surface area contributed by atoms with Gasteiger partial charge < -0.3 is 4.42 Å². The number of nitrogens with two attached hydrogens (primary N) is 1. The topological polar surface area (TPSA) is 51.2 Å². The summed E-state index contributed by atoms with van der Waals surface area (Å²) in [6.45, 7) is 5.71. The van der Waals surface area contributed by atoms with E-state index in [0.29, 0.717) is 0 Å². The molecule has 0 saturated carbocycles. The van der Waals surface area contributed by atoms with Crippen molar-refractivity contribution in [2.45, 2.75) is 32.2 Å². The van der Waals surface area contributed by atoms with E-state index in [2.05, 4.69) is 12.0 Å². The molecule has 3 heteroatoms. The lowest BCUT2D eigenvalue weighted by molar-refractivity contribution is 0.392. The van der Waals surface area contributed by atoms with Crippen LogP contribution < -0.4 is 11.3 Å². The Morgan fingerprint density at radius 1 is 1.71 bits per heavy atom. The van der Waals surface area contributed by atoms with Gasteiger partial charge in [0.1, 0.15) is 5.76 Å². The number of hydrogen-bond acceptors (Lipinski definition) is 3. The van der Waals surface area contributed by atoms with E-state index in [1.807, 2.05) is 19.1 Å². The summed E-state index contributed by atoms with van der Waals surface area (Å²) in [4.78, 5) is 0. The molecule has 78 valence electrons. The van der Waals surface area contributed by atoms with Gasteiger partial charge in [-0.15, -0.1) is 6.58 Å². The van der Waals surface area contributed by atoms with Crippen molar-refractivity contribution in [3.63, 3.8) is 0 Å². The van der Waals surface area contributed by atoms with Crippen LogP contribution in [0.4, 0.5) is 0 Å². The molecule has 0 aliphatic rings. The molecule has 1 aromatic heterocycles. The molecule has 0 spiro atoms. The van der Waals surface area contributed by atoms with Gasteiger partial charge >= 0.3 is 0 Å². The normalized spacial score (nSPS) is 12.7. The van der Waals surface area contributed by atoms with E-state index in [1.165, 1.54) is 0 Å². The van der Waals surface area contributed by atoms with E-state index in [-0.39, 0.29) is 6.04 Å².